The van der Waals surface area contributed by atoms with Gasteiger partial charge in [-0.3, -0.25) is 4.79 Å². The van der Waals surface area contributed by atoms with E-state index in [1.54, 1.807) is 6.07 Å². The van der Waals surface area contributed by atoms with Gasteiger partial charge in [0, 0.05) is 23.1 Å². The van der Waals surface area contributed by atoms with E-state index < -0.39 is 17.3 Å². The molecule has 2 aliphatic carbocycles. The quantitative estimate of drug-likeness (QED) is 0.543. The number of ether oxygens (including phenoxy) is 1. The Bertz CT molecular complexity index is 1310. The van der Waals surface area contributed by atoms with Crippen molar-refractivity contribution < 1.29 is 14.3 Å². The first kappa shape index (κ1) is 22.0. The summed E-state index contributed by atoms with van der Waals surface area (Å²) in [5.74, 6) is -0.897. The van der Waals surface area contributed by atoms with Gasteiger partial charge in [0.05, 0.1) is 24.4 Å². The number of hydrogen-bond donors (Lipinski definition) is 0. The zero-order valence-corrected chi connectivity index (χ0v) is 19.2. The van der Waals surface area contributed by atoms with Gasteiger partial charge in [0.25, 0.3) is 0 Å². The smallest absolute Gasteiger partial charge is 0.337 e. The fraction of sp³-hybridized carbons (Fsp3) is 0.321. The Morgan fingerprint density at radius 1 is 1.18 bits per heavy atom. The van der Waals surface area contributed by atoms with Crippen molar-refractivity contribution in [2.75, 3.05) is 7.11 Å². The van der Waals surface area contributed by atoms with E-state index in [4.69, 9.17) is 9.72 Å². The highest BCUT2D eigenvalue weighted by atomic mass is 16.5. The van der Waals surface area contributed by atoms with Crippen LogP contribution in [0.3, 0.4) is 0 Å². The highest BCUT2D eigenvalue weighted by Crippen LogP contribution is 2.55. The zero-order valence-electron chi connectivity index (χ0n) is 19.2. The number of methoxy groups -OCH3 is 1. The molecule has 6 heteroatoms. The molecule has 34 heavy (non-hydrogen) atoms. The molecule has 0 amide bonds. The minimum Gasteiger partial charge on any atom is -0.465 e. The second kappa shape index (κ2) is 8.49. The summed E-state index contributed by atoms with van der Waals surface area (Å²) in [6, 6.07) is 19.4. The maximum atomic E-state index is 13.1. The molecule has 0 bridgehead atoms. The summed E-state index contributed by atoms with van der Waals surface area (Å²) < 4.78 is 4.97. The summed E-state index contributed by atoms with van der Waals surface area (Å²) in [6.07, 6.45) is 3.77. The van der Waals surface area contributed by atoms with Crippen LogP contribution in [0.1, 0.15) is 46.9 Å². The number of rotatable bonds is 3. The second-order valence-electron chi connectivity index (χ2n) is 9.20. The number of benzene rings is 2. The molecule has 4 atom stereocenters. The molecule has 1 fully saturated rings. The van der Waals surface area contributed by atoms with Crippen LogP contribution in [0.25, 0.3) is 11.4 Å². The molecule has 0 aliphatic heterocycles. The molecule has 2 unspecified atom stereocenters. The van der Waals surface area contributed by atoms with Crippen molar-refractivity contribution >= 4 is 11.8 Å². The van der Waals surface area contributed by atoms with Gasteiger partial charge in [0.15, 0.2) is 11.6 Å². The van der Waals surface area contributed by atoms with Gasteiger partial charge in [0.1, 0.15) is 5.92 Å². The number of fused-ring (bicyclic) bond motifs is 3. The lowest BCUT2D eigenvalue weighted by Gasteiger charge is -2.51. The molecule has 0 saturated heterocycles. The normalized spacial score (nSPS) is 25.6. The van der Waals surface area contributed by atoms with Gasteiger partial charge in [-0.1, -0.05) is 49.4 Å². The molecule has 6 nitrogen and oxygen atoms in total. The predicted octanol–water partition coefficient (Wildman–Crippen LogP) is 4.53. The van der Waals surface area contributed by atoms with Crippen molar-refractivity contribution in [1.29, 1.82) is 5.26 Å². The Kier molecular flexibility index (Phi) is 5.49. The molecule has 2 aromatic carbocycles. The predicted molar refractivity (Wildman–Crippen MR) is 126 cm³/mol. The zero-order chi connectivity index (χ0) is 23.9. The first-order chi connectivity index (χ1) is 16.5. The highest BCUT2D eigenvalue weighted by Gasteiger charge is 2.56. The van der Waals surface area contributed by atoms with Crippen molar-refractivity contribution in [1.82, 2.24) is 9.97 Å². The monoisotopic (exact) mass is 451 g/mol. The molecular formula is C28H25N3O3. The van der Waals surface area contributed by atoms with Crippen LogP contribution >= 0.6 is 0 Å². The van der Waals surface area contributed by atoms with Crippen molar-refractivity contribution in [2.24, 2.45) is 17.8 Å². The maximum absolute atomic E-state index is 13.1. The first-order valence-corrected chi connectivity index (χ1v) is 11.5. The van der Waals surface area contributed by atoms with Crippen LogP contribution in [0.5, 0.6) is 0 Å². The third-order valence-corrected chi connectivity index (χ3v) is 7.55. The van der Waals surface area contributed by atoms with E-state index in [2.05, 4.69) is 11.1 Å². The van der Waals surface area contributed by atoms with Crippen LogP contribution in [-0.2, 0) is 21.4 Å². The van der Waals surface area contributed by atoms with Crippen LogP contribution in [0.4, 0.5) is 0 Å². The van der Waals surface area contributed by atoms with Crippen LogP contribution in [-0.4, -0.2) is 28.8 Å². The second-order valence-corrected chi connectivity index (χ2v) is 9.20. The van der Waals surface area contributed by atoms with Crippen molar-refractivity contribution in [3.63, 3.8) is 0 Å². The maximum Gasteiger partial charge on any atom is 0.337 e. The molecule has 1 heterocycles. The summed E-state index contributed by atoms with van der Waals surface area (Å²) in [6.45, 7) is 1.93. The number of Topliss-reactive ketones (excluding diaryl/α,β-unsaturated/α-hetero) is 1. The molecule has 2 aliphatic rings. The van der Waals surface area contributed by atoms with E-state index in [-0.39, 0.29) is 17.6 Å². The molecule has 0 spiro atoms. The Hall–Kier alpha value is -3.85. The van der Waals surface area contributed by atoms with Crippen LogP contribution in [0.15, 0.2) is 60.8 Å². The SMILES string of the molecule is COC(=O)c1cccc(C23CC(C#N)C(=O)[C@@H](C)[C@@H]2CCc2cnc(-c4ccccc4)nc23)c1. The van der Waals surface area contributed by atoms with Gasteiger partial charge in [-0.05, 0) is 48.4 Å². The number of carbonyl (C=O) groups excluding carboxylic acids is 2. The van der Waals surface area contributed by atoms with E-state index in [0.29, 0.717) is 17.8 Å². The molecule has 1 saturated carbocycles. The van der Waals surface area contributed by atoms with Gasteiger partial charge in [-0.15, -0.1) is 0 Å². The minimum absolute atomic E-state index is 0.00645. The fourth-order valence-electron chi connectivity index (χ4n) is 5.92. The largest absolute Gasteiger partial charge is 0.465 e. The molecule has 5 rings (SSSR count). The standard InChI is InChI=1S/C28H25N3O3/c1-17-23-12-11-20-16-30-26(18-7-4-3-5-8-18)31-25(20)28(23,14-21(15-29)24(17)32)22-10-6-9-19(13-22)27(33)34-2/h3-10,13,16-17,21,23H,11-12,14H2,1-2H3/t17-,21?,23-,28?/m0/s1. The van der Waals surface area contributed by atoms with E-state index in [1.807, 2.05) is 61.7 Å². The lowest BCUT2D eigenvalue weighted by Crippen LogP contribution is -2.53. The highest BCUT2D eigenvalue weighted by molar-refractivity contribution is 5.90. The molecule has 170 valence electrons. The average molecular weight is 452 g/mol. The van der Waals surface area contributed by atoms with E-state index in [0.717, 1.165) is 35.2 Å². The molecule has 0 N–H and O–H groups in total. The van der Waals surface area contributed by atoms with Crippen LogP contribution < -0.4 is 0 Å². The number of carbonyl (C=O) groups is 2. The van der Waals surface area contributed by atoms with Gasteiger partial charge in [-0.25, -0.2) is 14.8 Å². The third-order valence-electron chi connectivity index (χ3n) is 7.55. The van der Waals surface area contributed by atoms with Crippen molar-refractivity contribution in [3.8, 4) is 17.5 Å². The van der Waals surface area contributed by atoms with Crippen LogP contribution in [0, 0.1) is 29.1 Å². The summed E-state index contributed by atoms with van der Waals surface area (Å²) in [4.78, 5) is 35.2. The Morgan fingerprint density at radius 2 is 1.97 bits per heavy atom. The topological polar surface area (TPSA) is 92.9 Å². The van der Waals surface area contributed by atoms with E-state index in [9.17, 15) is 14.9 Å². The van der Waals surface area contributed by atoms with E-state index >= 15 is 0 Å². The summed E-state index contributed by atoms with van der Waals surface area (Å²) in [7, 11) is 1.36. The number of aromatic nitrogens is 2. The summed E-state index contributed by atoms with van der Waals surface area (Å²) >= 11 is 0. The number of hydrogen-bond acceptors (Lipinski definition) is 6. The van der Waals surface area contributed by atoms with E-state index in [1.165, 1.54) is 7.11 Å². The van der Waals surface area contributed by atoms with Crippen molar-refractivity contribution in [2.45, 2.75) is 31.6 Å². The molecular weight excluding hydrogens is 426 g/mol. The first-order valence-electron chi connectivity index (χ1n) is 11.5. The Labute approximate surface area is 198 Å². The Balaban J connectivity index is 1.78. The van der Waals surface area contributed by atoms with Gasteiger partial charge in [-0.2, -0.15) is 5.26 Å². The lowest BCUT2D eigenvalue weighted by molar-refractivity contribution is -0.131. The summed E-state index contributed by atoms with van der Waals surface area (Å²) in [5, 5.41) is 9.91. The van der Waals surface area contributed by atoms with Crippen molar-refractivity contribution in [3.05, 3.63) is 83.2 Å². The van der Waals surface area contributed by atoms with Gasteiger partial charge >= 0.3 is 5.97 Å². The number of nitrogens with zero attached hydrogens (tertiary/aromatic N) is 3. The summed E-state index contributed by atoms with van der Waals surface area (Å²) in [5.41, 5.74) is 3.44. The number of ketones is 1. The van der Waals surface area contributed by atoms with Gasteiger partial charge in [0.2, 0.25) is 0 Å². The Morgan fingerprint density at radius 3 is 2.71 bits per heavy atom. The minimum atomic E-state index is -0.742. The molecule has 3 aromatic rings. The van der Waals surface area contributed by atoms with Gasteiger partial charge < -0.3 is 4.74 Å². The van der Waals surface area contributed by atoms with Crippen LogP contribution in [0.2, 0.25) is 0 Å². The fourth-order valence-corrected chi connectivity index (χ4v) is 5.92. The third kappa shape index (κ3) is 3.31. The lowest BCUT2D eigenvalue weighted by atomic mass is 9.51. The number of esters is 1. The average Bonchev–Trinajstić information content (AvgIpc) is 2.90. The number of aryl methyl sites for hydroxylation is 1. The molecule has 1 aromatic heterocycles. The number of nitriles is 1. The molecule has 0 radical (unpaired) electrons.